The zero-order valence-corrected chi connectivity index (χ0v) is 15.3. The molecule has 6 nitrogen and oxygen atoms in total. The van der Waals surface area contributed by atoms with Crippen LogP contribution >= 0.6 is 0 Å². The van der Waals surface area contributed by atoms with Gasteiger partial charge in [0.2, 0.25) is 5.91 Å². The second-order valence-electron chi connectivity index (χ2n) is 6.97. The Kier molecular flexibility index (Phi) is 6.26. The number of ether oxygens (including phenoxy) is 1. The number of carbonyl (C=O) groups excluding carboxylic acids is 2. The Balaban J connectivity index is 1.39. The first-order valence-electron chi connectivity index (χ1n) is 9.52. The zero-order chi connectivity index (χ0) is 18.4. The minimum Gasteiger partial charge on any atom is -0.466 e. The van der Waals surface area contributed by atoms with Crippen molar-refractivity contribution in [3.05, 3.63) is 30.1 Å². The maximum absolute atomic E-state index is 11.8. The first-order valence-corrected chi connectivity index (χ1v) is 9.52. The van der Waals surface area contributed by atoms with Gasteiger partial charge in [0.05, 0.1) is 24.1 Å². The fourth-order valence-corrected chi connectivity index (χ4v) is 3.60. The monoisotopic (exact) mass is 357 g/mol. The van der Waals surface area contributed by atoms with Crippen molar-refractivity contribution in [2.24, 2.45) is 5.92 Å². The summed E-state index contributed by atoms with van der Waals surface area (Å²) < 4.78 is 4.83. The summed E-state index contributed by atoms with van der Waals surface area (Å²) in [6.07, 6.45) is 4.69. The normalized spacial score (nSPS) is 20.0. The Morgan fingerprint density at radius 2 is 1.96 bits per heavy atom. The topological polar surface area (TPSA) is 84.1 Å². The van der Waals surface area contributed by atoms with Crippen LogP contribution in [-0.4, -0.2) is 35.0 Å². The summed E-state index contributed by atoms with van der Waals surface area (Å²) in [4.78, 5) is 31.3. The molecule has 0 bridgehead atoms. The molecule has 0 spiro atoms. The highest BCUT2D eigenvalue weighted by Crippen LogP contribution is 2.34. The van der Waals surface area contributed by atoms with Gasteiger partial charge in [0.1, 0.15) is 5.82 Å². The van der Waals surface area contributed by atoms with E-state index in [-0.39, 0.29) is 24.7 Å². The van der Waals surface area contributed by atoms with E-state index in [0.717, 1.165) is 42.5 Å². The van der Waals surface area contributed by atoms with Crippen LogP contribution in [0.4, 0.5) is 0 Å². The Morgan fingerprint density at radius 1 is 1.19 bits per heavy atom. The van der Waals surface area contributed by atoms with E-state index in [9.17, 15) is 9.59 Å². The van der Waals surface area contributed by atoms with Crippen LogP contribution in [0, 0.1) is 5.92 Å². The lowest BCUT2D eigenvalue weighted by molar-refractivity contribution is -0.144. The van der Waals surface area contributed by atoms with Crippen molar-refractivity contribution in [2.45, 2.75) is 51.4 Å². The highest BCUT2D eigenvalue weighted by molar-refractivity contribution is 5.81. The molecule has 2 N–H and O–H groups in total. The van der Waals surface area contributed by atoms with Crippen molar-refractivity contribution in [1.82, 2.24) is 15.3 Å². The predicted molar refractivity (Wildman–Crippen MR) is 99.7 cm³/mol. The number of aromatic nitrogens is 2. The van der Waals surface area contributed by atoms with Gasteiger partial charge in [-0.3, -0.25) is 9.59 Å². The van der Waals surface area contributed by atoms with Gasteiger partial charge in [0.15, 0.2) is 0 Å². The van der Waals surface area contributed by atoms with Gasteiger partial charge in [-0.25, -0.2) is 4.98 Å². The fraction of sp³-hybridized carbons (Fsp3) is 0.550. The third kappa shape index (κ3) is 4.84. The molecule has 26 heavy (non-hydrogen) atoms. The molecule has 1 saturated carbocycles. The van der Waals surface area contributed by atoms with Crippen molar-refractivity contribution >= 4 is 22.9 Å². The lowest BCUT2D eigenvalue weighted by Gasteiger charge is -2.27. The molecule has 1 aromatic heterocycles. The quantitative estimate of drug-likeness (QED) is 0.745. The smallest absolute Gasteiger partial charge is 0.306 e. The Hall–Kier alpha value is -2.37. The van der Waals surface area contributed by atoms with Gasteiger partial charge >= 0.3 is 5.97 Å². The maximum Gasteiger partial charge on any atom is 0.306 e. The van der Waals surface area contributed by atoms with Gasteiger partial charge in [0.25, 0.3) is 0 Å². The van der Waals surface area contributed by atoms with Gasteiger partial charge in [-0.05, 0) is 50.7 Å². The molecule has 6 heteroatoms. The molecule has 1 heterocycles. The summed E-state index contributed by atoms with van der Waals surface area (Å²) in [5.74, 6) is 1.68. The van der Waals surface area contributed by atoms with E-state index in [0.29, 0.717) is 25.0 Å². The van der Waals surface area contributed by atoms with Crippen LogP contribution in [0.25, 0.3) is 11.0 Å². The van der Waals surface area contributed by atoms with Crippen molar-refractivity contribution in [1.29, 1.82) is 0 Å². The number of nitrogens with one attached hydrogen (secondary N) is 2. The van der Waals surface area contributed by atoms with Crippen molar-refractivity contribution in [2.75, 3.05) is 13.2 Å². The minimum absolute atomic E-state index is 0.0718. The van der Waals surface area contributed by atoms with Crippen molar-refractivity contribution < 1.29 is 14.3 Å². The summed E-state index contributed by atoms with van der Waals surface area (Å²) in [6, 6.07) is 8.12. The Bertz CT molecular complexity index is 715. The molecule has 1 fully saturated rings. The number of amides is 1. The van der Waals surface area contributed by atoms with E-state index in [1.165, 1.54) is 0 Å². The van der Waals surface area contributed by atoms with E-state index >= 15 is 0 Å². The molecule has 2 aromatic rings. The SMILES string of the molecule is CCOC(=O)CCC(=O)NCC1CCC(c2nc3ccccc3[nH]2)CC1. The number of carbonyl (C=O) groups is 2. The number of imidazole rings is 1. The summed E-state index contributed by atoms with van der Waals surface area (Å²) in [5, 5.41) is 2.96. The number of nitrogens with zero attached hydrogens (tertiary/aromatic N) is 1. The molecule has 0 atom stereocenters. The Morgan fingerprint density at radius 3 is 2.69 bits per heavy atom. The van der Waals surface area contributed by atoms with Crippen LogP contribution in [0.2, 0.25) is 0 Å². The minimum atomic E-state index is -0.311. The van der Waals surface area contributed by atoms with E-state index in [1.807, 2.05) is 18.2 Å². The summed E-state index contributed by atoms with van der Waals surface area (Å²) in [5.41, 5.74) is 2.12. The van der Waals surface area contributed by atoms with E-state index in [2.05, 4.69) is 16.4 Å². The standard InChI is InChI=1S/C20H27N3O3/c1-2-26-19(25)12-11-18(24)21-13-14-7-9-15(10-8-14)20-22-16-5-3-4-6-17(16)23-20/h3-6,14-15H,2,7-13H2,1H3,(H,21,24)(H,22,23). The number of rotatable bonds is 7. The number of hydrogen-bond acceptors (Lipinski definition) is 4. The molecule has 0 saturated heterocycles. The highest BCUT2D eigenvalue weighted by atomic mass is 16.5. The number of benzene rings is 1. The molecular formula is C20H27N3O3. The van der Waals surface area contributed by atoms with E-state index < -0.39 is 0 Å². The van der Waals surface area contributed by atoms with Gasteiger partial charge in [-0.15, -0.1) is 0 Å². The largest absolute Gasteiger partial charge is 0.466 e. The summed E-state index contributed by atoms with van der Waals surface area (Å²) >= 11 is 0. The van der Waals surface area contributed by atoms with Crippen LogP contribution in [-0.2, 0) is 14.3 Å². The molecule has 140 valence electrons. The number of para-hydroxylation sites is 2. The van der Waals surface area contributed by atoms with Gasteiger partial charge < -0.3 is 15.0 Å². The average molecular weight is 357 g/mol. The molecule has 1 aliphatic carbocycles. The molecular weight excluding hydrogens is 330 g/mol. The average Bonchev–Trinajstić information content (AvgIpc) is 3.09. The molecule has 0 unspecified atom stereocenters. The lowest BCUT2D eigenvalue weighted by atomic mass is 9.81. The van der Waals surface area contributed by atoms with E-state index in [1.54, 1.807) is 6.92 Å². The summed E-state index contributed by atoms with van der Waals surface area (Å²) in [7, 11) is 0. The molecule has 1 amide bonds. The number of fused-ring (bicyclic) bond motifs is 1. The molecule has 3 rings (SSSR count). The van der Waals surface area contributed by atoms with Crippen LogP contribution in [0.5, 0.6) is 0 Å². The summed E-state index contributed by atoms with van der Waals surface area (Å²) in [6.45, 7) is 2.81. The molecule has 1 aliphatic rings. The zero-order valence-electron chi connectivity index (χ0n) is 15.3. The third-order valence-corrected chi connectivity index (χ3v) is 5.09. The fourth-order valence-electron chi connectivity index (χ4n) is 3.60. The Labute approximate surface area is 153 Å². The number of aromatic amines is 1. The number of hydrogen-bond donors (Lipinski definition) is 2. The molecule has 0 radical (unpaired) electrons. The first-order chi connectivity index (χ1) is 12.7. The molecule has 1 aromatic carbocycles. The van der Waals surface area contributed by atoms with Gasteiger partial charge in [0, 0.05) is 18.9 Å². The van der Waals surface area contributed by atoms with Crippen LogP contribution in [0.3, 0.4) is 0 Å². The first kappa shape index (κ1) is 18.4. The van der Waals surface area contributed by atoms with Crippen LogP contribution in [0.1, 0.15) is 57.2 Å². The molecule has 0 aliphatic heterocycles. The second-order valence-corrected chi connectivity index (χ2v) is 6.97. The number of H-pyrrole nitrogens is 1. The van der Waals surface area contributed by atoms with Gasteiger partial charge in [-0.1, -0.05) is 12.1 Å². The van der Waals surface area contributed by atoms with Gasteiger partial charge in [-0.2, -0.15) is 0 Å². The lowest BCUT2D eigenvalue weighted by Crippen LogP contribution is -2.31. The van der Waals surface area contributed by atoms with E-state index in [4.69, 9.17) is 9.72 Å². The third-order valence-electron chi connectivity index (χ3n) is 5.09. The number of esters is 1. The predicted octanol–water partition coefficient (Wildman–Crippen LogP) is 3.30. The second kappa shape index (κ2) is 8.83. The van der Waals surface area contributed by atoms with Crippen molar-refractivity contribution in [3.8, 4) is 0 Å². The highest BCUT2D eigenvalue weighted by Gasteiger charge is 2.24. The maximum atomic E-state index is 11.8. The van der Waals surface area contributed by atoms with Crippen LogP contribution < -0.4 is 5.32 Å². The van der Waals surface area contributed by atoms with Crippen molar-refractivity contribution in [3.63, 3.8) is 0 Å². The van der Waals surface area contributed by atoms with Crippen LogP contribution in [0.15, 0.2) is 24.3 Å².